The number of phenols is 1. The van der Waals surface area contributed by atoms with Crippen LogP contribution in [0.3, 0.4) is 0 Å². The zero-order chi connectivity index (χ0) is 20.9. The van der Waals surface area contributed by atoms with E-state index < -0.39 is 0 Å². The van der Waals surface area contributed by atoms with Gasteiger partial charge in [0.25, 0.3) is 5.91 Å². The third-order valence-electron chi connectivity index (χ3n) is 6.21. The molecule has 1 amide bonds. The molecule has 2 N–H and O–H groups in total. The molecule has 0 heterocycles. The molecular formula is C28H19NO2. The van der Waals surface area contributed by atoms with Gasteiger partial charge in [0.15, 0.2) is 0 Å². The molecule has 1 aliphatic rings. The van der Waals surface area contributed by atoms with Gasteiger partial charge in [0.1, 0.15) is 5.75 Å². The highest BCUT2D eigenvalue weighted by Gasteiger charge is 2.23. The molecule has 5 aromatic rings. The molecule has 0 bridgehead atoms. The SMILES string of the molecule is O=C(Nc1ccccc1)c1cc2ccc3c(c2cc1O)Cc1c-3ccc2ccccc12. The summed E-state index contributed by atoms with van der Waals surface area (Å²) in [5.41, 5.74) is 5.95. The normalized spacial score (nSPS) is 12.0. The van der Waals surface area contributed by atoms with E-state index in [-0.39, 0.29) is 17.2 Å². The van der Waals surface area contributed by atoms with E-state index in [1.165, 1.54) is 33.0 Å². The summed E-state index contributed by atoms with van der Waals surface area (Å²) >= 11 is 0. The van der Waals surface area contributed by atoms with E-state index in [0.29, 0.717) is 5.69 Å². The molecule has 6 rings (SSSR count). The summed E-state index contributed by atoms with van der Waals surface area (Å²) in [7, 11) is 0. The second-order valence-electron chi connectivity index (χ2n) is 7.99. The van der Waals surface area contributed by atoms with Crippen LogP contribution in [0.25, 0.3) is 32.7 Å². The Morgan fingerprint density at radius 3 is 2.19 bits per heavy atom. The Balaban J connectivity index is 1.45. The Bertz CT molecular complexity index is 1500. The van der Waals surface area contributed by atoms with Crippen molar-refractivity contribution in [1.29, 1.82) is 0 Å². The maximum Gasteiger partial charge on any atom is 0.259 e. The summed E-state index contributed by atoms with van der Waals surface area (Å²) in [6.07, 6.45) is 0.818. The van der Waals surface area contributed by atoms with E-state index in [0.717, 1.165) is 17.2 Å². The number of phenolic OH excluding ortho intramolecular Hbond substituents is 1. The van der Waals surface area contributed by atoms with E-state index in [9.17, 15) is 9.90 Å². The lowest BCUT2D eigenvalue weighted by atomic mass is 9.97. The van der Waals surface area contributed by atoms with Crippen LogP contribution in [-0.2, 0) is 6.42 Å². The van der Waals surface area contributed by atoms with E-state index >= 15 is 0 Å². The average molecular weight is 401 g/mol. The number of nitrogens with one attached hydrogen (secondary N) is 1. The Morgan fingerprint density at radius 2 is 1.39 bits per heavy atom. The Hall–Kier alpha value is -4.11. The first-order valence-corrected chi connectivity index (χ1v) is 10.3. The van der Waals surface area contributed by atoms with Crippen molar-refractivity contribution >= 4 is 33.1 Å². The van der Waals surface area contributed by atoms with Gasteiger partial charge in [-0.25, -0.2) is 0 Å². The predicted molar refractivity (Wildman–Crippen MR) is 126 cm³/mol. The summed E-state index contributed by atoms with van der Waals surface area (Å²) in [5.74, 6) is -0.324. The fourth-order valence-corrected chi connectivity index (χ4v) is 4.72. The molecule has 1 aliphatic carbocycles. The van der Waals surface area contributed by atoms with Gasteiger partial charge in [-0.3, -0.25) is 4.79 Å². The first-order chi connectivity index (χ1) is 15.2. The van der Waals surface area contributed by atoms with Crippen molar-refractivity contribution in [1.82, 2.24) is 0 Å². The highest BCUT2D eigenvalue weighted by molar-refractivity contribution is 6.10. The maximum absolute atomic E-state index is 12.8. The van der Waals surface area contributed by atoms with Crippen LogP contribution in [0.2, 0.25) is 0 Å². The summed E-state index contributed by atoms with van der Waals surface area (Å²) in [6.45, 7) is 0. The highest BCUT2D eigenvalue weighted by Crippen LogP contribution is 2.44. The molecule has 0 radical (unpaired) electrons. The zero-order valence-corrected chi connectivity index (χ0v) is 16.7. The molecule has 0 atom stereocenters. The molecule has 0 spiro atoms. The number of carbonyl (C=O) groups is 1. The lowest BCUT2D eigenvalue weighted by molar-refractivity contribution is 0.102. The van der Waals surface area contributed by atoms with Gasteiger partial charge in [-0.1, -0.05) is 66.7 Å². The van der Waals surface area contributed by atoms with Crippen molar-refractivity contribution in [3.05, 3.63) is 108 Å². The van der Waals surface area contributed by atoms with Crippen LogP contribution in [0.15, 0.2) is 91.0 Å². The summed E-state index contributed by atoms with van der Waals surface area (Å²) in [6, 6.07) is 29.8. The van der Waals surface area contributed by atoms with Gasteiger partial charge in [-0.05, 0) is 74.5 Å². The molecule has 3 nitrogen and oxygen atoms in total. The van der Waals surface area contributed by atoms with E-state index in [1.807, 2.05) is 36.4 Å². The average Bonchev–Trinajstić information content (AvgIpc) is 3.19. The second kappa shape index (κ2) is 6.71. The lowest BCUT2D eigenvalue weighted by Crippen LogP contribution is -2.12. The van der Waals surface area contributed by atoms with Crippen molar-refractivity contribution in [2.24, 2.45) is 0 Å². The monoisotopic (exact) mass is 401 g/mol. The van der Waals surface area contributed by atoms with E-state index in [1.54, 1.807) is 12.1 Å². The van der Waals surface area contributed by atoms with Gasteiger partial charge in [0, 0.05) is 5.69 Å². The fourth-order valence-electron chi connectivity index (χ4n) is 4.72. The van der Waals surface area contributed by atoms with Crippen LogP contribution in [0.5, 0.6) is 5.75 Å². The quantitative estimate of drug-likeness (QED) is 0.347. The summed E-state index contributed by atoms with van der Waals surface area (Å²) < 4.78 is 0. The zero-order valence-electron chi connectivity index (χ0n) is 16.7. The molecule has 148 valence electrons. The molecule has 5 aromatic carbocycles. The largest absolute Gasteiger partial charge is 0.507 e. The minimum atomic E-state index is -0.319. The molecule has 0 fully saturated rings. The number of aromatic hydroxyl groups is 1. The van der Waals surface area contributed by atoms with Gasteiger partial charge >= 0.3 is 0 Å². The maximum atomic E-state index is 12.8. The number of amides is 1. The molecule has 0 unspecified atom stereocenters. The molecule has 0 saturated heterocycles. The van der Waals surface area contributed by atoms with Crippen LogP contribution in [0, 0.1) is 0 Å². The number of para-hydroxylation sites is 1. The van der Waals surface area contributed by atoms with Crippen LogP contribution in [0.4, 0.5) is 5.69 Å². The Labute approximate surface area is 179 Å². The van der Waals surface area contributed by atoms with Crippen LogP contribution >= 0.6 is 0 Å². The number of carbonyl (C=O) groups excluding carboxylic acids is 1. The standard InChI is InChI=1S/C28H19NO2/c30-27-16-23-18(14-26(27)28(31)29-19-7-2-1-3-8-19)11-13-22-21-12-10-17-6-4-5-9-20(17)24(21)15-25(22)23/h1-14,16,30H,15H2,(H,29,31). The first-order valence-electron chi connectivity index (χ1n) is 10.3. The van der Waals surface area contributed by atoms with Crippen molar-refractivity contribution < 1.29 is 9.90 Å². The van der Waals surface area contributed by atoms with Crippen LogP contribution < -0.4 is 5.32 Å². The molecule has 3 heteroatoms. The minimum absolute atomic E-state index is 0.00450. The number of hydrogen-bond donors (Lipinski definition) is 2. The van der Waals surface area contributed by atoms with Gasteiger partial charge < -0.3 is 10.4 Å². The summed E-state index contributed by atoms with van der Waals surface area (Å²) in [4.78, 5) is 12.8. The first kappa shape index (κ1) is 17.7. The Morgan fingerprint density at radius 1 is 0.710 bits per heavy atom. The number of rotatable bonds is 2. The number of hydrogen-bond acceptors (Lipinski definition) is 2. The fraction of sp³-hybridized carbons (Fsp3) is 0.0357. The summed E-state index contributed by atoms with van der Waals surface area (Å²) in [5, 5.41) is 18.0. The van der Waals surface area contributed by atoms with Crippen molar-refractivity contribution in [2.75, 3.05) is 5.32 Å². The lowest BCUT2D eigenvalue weighted by Gasteiger charge is -2.11. The highest BCUT2D eigenvalue weighted by atomic mass is 16.3. The second-order valence-corrected chi connectivity index (χ2v) is 7.99. The molecule has 31 heavy (non-hydrogen) atoms. The van der Waals surface area contributed by atoms with E-state index in [4.69, 9.17) is 0 Å². The number of benzene rings is 5. The van der Waals surface area contributed by atoms with Gasteiger partial charge in [0.05, 0.1) is 5.56 Å². The van der Waals surface area contributed by atoms with Crippen molar-refractivity contribution in [3.63, 3.8) is 0 Å². The predicted octanol–water partition coefficient (Wildman–Crippen LogP) is 6.52. The molecule has 0 aliphatic heterocycles. The van der Waals surface area contributed by atoms with Crippen LogP contribution in [-0.4, -0.2) is 11.0 Å². The van der Waals surface area contributed by atoms with Gasteiger partial charge in [-0.15, -0.1) is 0 Å². The third-order valence-corrected chi connectivity index (χ3v) is 6.21. The molecular weight excluding hydrogens is 382 g/mol. The van der Waals surface area contributed by atoms with Crippen molar-refractivity contribution in [2.45, 2.75) is 6.42 Å². The van der Waals surface area contributed by atoms with Gasteiger partial charge in [-0.2, -0.15) is 0 Å². The molecule has 0 aromatic heterocycles. The molecule has 0 saturated carbocycles. The number of anilines is 1. The van der Waals surface area contributed by atoms with Crippen LogP contribution in [0.1, 0.15) is 21.5 Å². The van der Waals surface area contributed by atoms with E-state index in [2.05, 4.69) is 47.8 Å². The Kier molecular flexibility index (Phi) is 3.84. The smallest absolute Gasteiger partial charge is 0.259 e. The third kappa shape index (κ3) is 2.78. The number of fused-ring (bicyclic) bond motifs is 7. The van der Waals surface area contributed by atoms with Crippen molar-refractivity contribution in [3.8, 4) is 16.9 Å². The van der Waals surface area contributed by atoms with Gasteiger partial charge in [0.2, 0.25) is 0 Å². The minimum Gasteiger partial charge on any atom is -0.507 e. The topological polar surface area (TPSA) is 49.3 Å².